The van der Waals surface area contributed by atoms with Crippen LogP contribution in [0.4, 0.5) is 9.52 Å². The van der Waals surface area contributed by atoms with E-state index in [-0.39, 0.29) is 9.93 Å². The molecule has 0 spiro atoms. The maximum absolute atomic E-state index is 13.5. The predicted molar refractivity (Wildman–Crippen MR) is 131 cm³/mol. The topological polar surface area (TPSA) is 110 Å². The van der Waals surface area contributed by atoms with Gasteiger partial charge >= 0.3 is 0 Å². The highest BCUT2D eigenvalue weighted by atomic mass is 32.2. The van der Waals surface area contributed by atoms with E-state index in [2.05, 4.69) is 15.3 Å². The van der Waals surface area contributed by atoms with Crippen LogP contribution in [0.15, 0.2) is 58.9 Å². The van der Waals surface area contributed by atoms with Gasteiger partial charge < -0.3 is 9.88 Å². The summed E-state index contributed by atoms with van der Waals surface area (Å²) in [5.41, 5.74) is 2.22. The largest absolute Gasteiger partial charge is 0.317 e. The molecule has 12 heteroatoms. The lowest BCUT2D eigenvalue weighted by Crippen LogP contribution is -2.28. The number of carbonyl (C=O) groups is 2. The van der Waals surface area contributed by atoms with Crippen LogP contribution in [0.1, 0.15) is 6.92 Å². The Morgan fingerprint density at radius 3 is 2.65 bits per heavy atom. The number of anilines is 1. The molecular weight excluding hydrogens is 499 g/mol. The van der Waals surface area contributed by atoms with Crippen molar-refractivity contribution >= 4 is 59.7 Å². The molecule has 0 atom stereocenters. The zero-order valence-corrected chi connectivity index (χ0v) is 20.3. The molecule has 0 aliphatic heterocycles. The Bertz CT molecular complexity index is 1540. The molecule has 0 saturated carbocycles. The smallest absolute Gasteiger partial charge is 0.263 e. The van der Waals surface area contributed by atoms with E-state index in [4.69, 9.17) is 0 Å². The molecular formula is C22H19FN4O4S3. The first-order valence-electron chi connectivity index (χ1n) is 10.1. The molecule has 0 unspecified atom stereocenters. The van der Waals surface area contributed by atoms with E-state index in [0.717, 1.165) is 16.9 Å². The van der Waals surface area contributed by atoms with Gasteiger partial charge in [0.1, 0.15) is 17.3 Å². The van der Waals surface area contributed by atoms with Gasteiger partial charge in [-0.1, -0.05) is 41.7 Å². The highest BCUT2D eigenvalue weighted by Gasteiger charge is 2.22. The molecule has 2 aromatic heterocycles. The molecule has 0 fully saturated rings. The number of halogens is 1. The number of amides is 2. The van der Waals surface area contributed by atoms with E-state index >= 15 is 0 Å². The van der Waals surface area contributed by atoms with Gasteiger partial charge in [-0.05, 0) is 25.1 Å². The quantitative estimate of drug-likeness (QED) is 0.403. The molecule has 176 valence electrons. The van der Waals surface area contributed by atoms with Crippen molar-refractivity contribution < 1.29 is 22.4 Å². The zero-order valence-electron chi connectivity index (χ0n) is 17.9. The van der Waals surface area contributed by atoms with Gasteiger partial charge in [-0.3, -0.25) is 9.59 Å². The molecule has 1 N–H and O–H groups in total. The van der Waals surface area contributed by atoms with Gasteiger partial charge in [-0.25, -0.2) is 17.8 Å². The van der Waals surface area contributed by atoms with Crippen molar-refractivity contribution in [2.24, 2.45) is 4.99 Å². The Morgan fingerprint density at radius 1 is 1.15 bits per heavy atom. The summed E-state index contributed by atoms with van der Waals surface area (Å²) in [4.78, 5) is 33.1. The van der Waals surface area contributed by atoms with Gasteiger partial charge in [0.15, 0.2) is 19.8 Å². The molecule has 8 nitrogen and oxygen atoms in total. The van der Waals surface area contributed by atoms with E-state index in [9.17, 15) is 22.4 Å². The van der Waals surface area contributed by atoms with Crippen LogP contribution >= 0.6 is 22.7 Å². The number of aryl methyl sites for hydroxylation is 1. The third-order valence-corrected chi connectivity index (χ3v) is 7.88. The number of benzene rings is 2. The Kier molecular flexibility index (Phi) is 7.00. The fraction of sp³-hybridized carbons (Fsp3) is 0.182. The Labute approximate surface area is 202 Å². The number of rotatable bonds is 7. The minimum absolute atomic E-state index is 0.261. The number of carbonyl (C=O) groups excluding carboxylic acids is 2. The molecule has 34 heavy (non-hydrogen) atoms. The summed E-state index contributed by atoms with van der Waals surface area (Å²) >= 11 is 2.26. The lowest BCUT2D eigenvalue weighted by Gasteiger charge is -2.03. The first-order valence-corrected chi connectivity index (χ1v) is 13.6. The number of aromatic nitrogens is 2. The van der Waals surface area contributed by atoms with E-state index in [1.54, 1.807) is 16.0 Å². The first-order chi connectivity index (χ1) is 16.2. The monoisotopic (exact) mass is 518 g/mol. The molecule has 0 saturated heterocycles. The number of hydrogen-bond acceptors (Lipinski definition) is 7. The minimum atomic E-state index is -4.07. The number of nitrogens with one attached hydrogen (secondary N) is 1. The average molecular weight is 519 g/mol. The minimum Gasteiger partial charge on any atom is -0.317 e. The van der Waals surface area contributed by atoms with E-state index < -0.39 is 39.0 Å². The van der Waals surface area contributed by atoms with Crippen LogP contribution in [0.25, 0.3) is 21.5 Å². The fourth-order valence-corrected chi connectivity index (χ4v) is 6.13. The number of fused-ring (bicyclic) bond motifs is 1. The SMILES string of the molecule is CCn1c(=NC(=O)CS(=O)(=O)CC(=O)Nc2nc(-c3ccccc3)cs2)sc2cc(F)ccc21. The van der Waals surface area contributed by atoms with Gasteiger partial charge in [-0.15, -0.1) is 11.3 Å². The van der Waals surface area contributed by atoms with E-state index in [1.165, 1.54) is 23.5 Å². The van der Waals surface area contributed by atoms with Crippen LogP contribution < -0.4 is 10.1 Å². The van der Waals surface area contributed by atoms with Gasteiger partial charge in [0, 0.05) is 17.5 Å². The van der Waals surface area contributed by atoms with Crippen LogP contribution in [0.5, 0.6) is 0 Å². The number of nitrogens with zero attached hydrogens (tertiary/aromatic N) is 3. The molecule has 2 heterocycles. The number of thiazole rings is 2. The molecule has 0 bridgehead atoms. The molecule has 2 aromatic carbocycles. The van der Waals surface area contributed by atoms with Crippen molar-refractivity contribution in [1.82, 2.24) is 9.55 Å². The predicted octanol–water partition coefficient (Wildman–Crippen LogP) is 3.47. The highest BCUT2D eigenvalue weighted by Crippen LogP contribution is 2.24. The van der Waals surface area contributed by atoms with Crippen molar-refractivity contribution in [2.45, 2.75) is 13.5 Å². The molecule has 2 amide bonds. The van der Waals surface area contributed by atoms with Gasteiger partial charge in [0.2, 0.25) is 5.91 Å². The van der Waals surface area contributed by atoms with Crippen molar-refractivity contribution in [1.29, 1.82) is 0 Å². The zero-order chi connectivity index (χ0) is 24.3. The third kappa shape index (κ3) is 5.64. The lowest BCUT2D eigenvalue weighted by molar-refractivity contribution is -0.115. The van der Waals surface area contributed by atoms with Crippen molar-refractivity contribution in [3.8, 4) is 11.3 Å². The van der Waals surface area contributed by atoms with Crippen LogP contribution in [-0.4, -0.2) is 41.3 Å². The summed E-state index contributed by atoms with van der Waals surface area (Å²) in [5, 5.41) is 4.47. The Balaban J connectivity index is 1.43. The lowest BCUT2D eigenvalue weighted by atomic mass is 10.2. The maximum atomic E-state index is 13.5. The molecule has 0 aliphatic rings. The van der Waals surface area contributed by atoms with Crippen LogP contribution in [0, 0.1) is 5.82 Å². The van der Waals surface area contributed by atoms with Crippen LogP contribution in [0.2, 0.25) is 0 Å². The maximum Gasteiger partial charge on any atom is 0.263 e. The molecule has 4 aromatic rings. The third-order valence-electron chi connectivity index (χ3n) is 4.70. The summed E-state index contributed by atoms with van der Waals surface area (Å²) in [7, 11) is -4.07. The highest BCUT2D eigenvalue weighted by molar-refractivity contribution is 7.92. The van der Waals surface area contributed by atoms with Gasteiger partial charge in [0.25, 0.3) is 5.91 Å². The van der Waals surface area contributed by atoms with Crippen molar-refractivity contribution in [2.75, 3.05) is 16.8 Å². The molecule has 0 radical (unpaired) electrons. The summed E-state index contributed by atoms with van der Waals surface area (Å²) in [5.74, 6) is -3.90. The second-order valence-corrected chi connectivity index (χ2v) is 11.2. The second-order valence-electron chi connectivity index (χ2n) is 7.23. The average Bonchev–Trinajstić information content (AvgIpc) is 3.36. The van der Waals surface area contributed by atoms with Gasteiger partial charge in [-0.2, -0.15) is 4.99 Å². The standard InChI is InChI=1S/C22H19FN4O4S3/c1-2-27-17-9-8-15(23)10-18(17)33-22(27)26-20(29)13-34(30,31)12-19(28)25-21-24-16(11-32-21)14-6-4-3-5-7-14/h3-11H,2,12-13H2,1H3,(H,24,25,28). The summed E-state index contributed by atoms with van der Waals surface area (Å²) < 4.78 is 40.6. The van der Waals surface area contributed by atoms with Crippen molar-refractivity contribution in [3.05, 3.63) is 64.5 Å². The Morgan fingerprint density at radius 2 is 1.91 bits per heavy atom. The number of sulfone groups is 1. The number of hydrogen-bond donors (Lipinski definition) is 1. The normalized spacial score (nSPS) is 12.2. The van der Waals surface area contributed by atoms with Crippen LogP contribution in [0.3, 0.4) is 0 Å². The fourth-order valence-electron chi connectivity index (χ4n) is 3.24. The summed E-state index contributed by atoms with van der Waals surface area (Å²) in [6, 6.07) is 13.6. The molecule has 4 rings (SSSR count). The van der Waals surface area contributed by atoms with Gasteiger partial charge in [0.05, 0.1) is 15.9 Å². The summed E-state index contributed by atoms with van der Waals surface area (Å²) in [6.45, 7) is 2.30. The van der Waals surface area contributed by atoms with Crippen molar-refractivity contribution in [3.63, 3.8) is 0 Å². The first kappa shape index (κ1) is 23.9. The van der Waals surface area contributed by atoms with Crippen LogP contribution in [-0.2, 0) is 26.0 Å². The van der Waals surface area contributed by atoms with E-state index in [1.807, 2.05) is 37.3 Å². The summed E-state index contributed by atoms with van der Waals surface area (Å²) in [6.07, 6.45) is 0. The Hall–Kier alpha value is -3.22. The second kappa shape index (κ2) is 9.95. The van der Waals surface area contributed by atoms with E-state index in [0.29, 0.717) is 22.5 Å². The molecule has 0 aliphatic carbocycles.